The normalized spacial score (nSPS) is 10.9. The molecule has 0 aliphatic heterocycles. The lowest BCUT2D eigenvalue weighted by atomic mass is 10.1. The van der Waals surface area contributed by atoms with E-state index >= 15 is 0 Å². The molecule has 0 unspecified atom stereocenters. The van der Waals surface area contributed by atoms with E-state index in [2.05, 4.69) is 15.2 Å². The molecule has 8 heteroatoms. The molecule has 0 amide bonds. The standard InChI is InChI=1S/C16H18N6O2/c1-12-5-3-6-14(15(12)22(23)24)16-19-18-13(2)21(16)9-4-8-20-10-7-17-11-20/h3,5-7,10-11H,4,8-9H2,1-2H3. The smallest absolute Gasteiger partial charge is 0.283 e. The number of nitro benzene ring substituents is 1. The molecule has 0 radical (unpaired) electrons. The topological polar surface area (TPSA) is 91.7 Å². The Morgan fingerprint density at radius 1 is 1.21 bits per heavy atom. The first-order chi connectivity index (χ1) is 11.6. The van der Waals surface area contributed by atoms with Crippen molar-refractivity contribution in [3.8, 4) is 11.4 Å². The van der Waals surface area contributed by atoms with Crippen LogP contribution in [0.3, 0.4) is 0 Å². The zero-order valence-corrected chi connectivity index (χ0v) is 13.6. The first-order valence-corrected chi connectivity index (χ1v) is 7.68. The third-order valence-corrected chi connectivity index (χ3v) is 3.95. The summed E-state index contributed by atoms with van der Waals surface area (Å²) in [6, 6.07) is 5.26. The lowest BCUT2D eigenvalue weighted by Crippen LogP contribution is -2.07. The van der Waals surface area contributed by atoms with Gasteiger partial charge in [0.15, 0.2) is 5.82 Å². The van der Waals surface area contributed by atoms with Crippen molar-refractivity contribution in [2.75, 3.05) is 0 Å². The number of nitrogens with zero attached hydrogens (tertiary/aromatic N) is 6. The van der Waals surface area contributed by atoms with Gasteiger partial charge < -0.3 is 9.13 Å². The van der Waals surface area contributed by atoms with Gasteiger partial charge in [-0.3, -0.25) is 10.1 Å². The van der Waals surface area contributed by atoms with Crippen LogP contribution in [0.4, 0.5) is 5.69 Å². The monoisotopic (exact) mass is 326 g/mol. The molecule has 0 aliphatic carbocycles. The zero-order valence-electron chi connectivity index (χ0n) is 13.6. The molecule has 0 bridgehead atoms. The lowest BCUT2D eigenvalue weighted by Gasteiger charge is -2.10. The van der Waals surface area contributed by atoms with E-state index in [1.165, 1.54) is 0 Å². The van der Waals surface area contributed by atoms with Crippen molar-refractivity contribution in [1.29, 1.82) is 0 Å². The minimum Gasteiger partial charge on any atom is -0.337 e. The predicted molar refractivity (Wildman–Crippen MR) is 88.4 cm³/mol. The first-order valence-electron chi connectivity index (χ1n) is 7.68. The number of aryl methyl sites for hydroxylation is 3. The molecule has 0 aliphatic rings. The third-order valence-electron chi connectivity index (χ3n) is 3.95. The summed E-state index contributed by atoms with van der Waals surface area (Å²) >= 11 is 0. The van der Waals surface area contributed by atoms with E-state index in [0.717, 1.165) is 18.8 Å². The van der Waals surface area contributed by atoms with Crippen molar-refractivity contribution in [3.63, 3.8) is 0 Å². The van der Waals surface area contributed by atoms with Crippen LogP contribution < -0.4 is 0 Å². The fourth-order valence-electron chi connectivity index (χ4n) is 2.76. The van der Waals surface area contributed by atoms with E-state index < -0.39 is 0 Å². The molecule has 0 fully saturated rings. The van der Waals surface area contributed by atoms with Crippen molar-refractivity contribution >= 4 is 5.69 Å². The maximum absolute atomic E-state index is 11.4. The molecular formula is C16H18N6O2. The predicted octanol–water partition coefficient (Wildman–Crippen LogP) is 2.76. The van der Waals surface area contributed by atoms with Gasteiger partial charge in [-0.2, -0.15) is 0 Å². The molecule has 0 saturated heterocycles. The van der Waals surface area contributed by atoms with Gasteiger partial charge in [0.05, 0.1) is 16.8 Å². The molecule has 3 aromatic rings. The van der Waals surface area contributed by atoms with Gasteiger partial charge in [0.1, 0.15) is 5.82 Å². The Balaban J connectivity index is 1.90. The lowest BCUT2D eigenvalue weighted by molar-refractivity contribution is -0.384. The van der Waals surface area contributed by atoms with Gasteiger partial charge in [-0.25, -0.2) is 4.98 Å². The molecule has 0 N–H and O–H groups in total. The second kappa shape index (κ2) is 6.61. The van der Waals surface area contributed by atoms with E-state index in [9.17, 15) is 10.1 Å². The molecule has 3 rings (SSSR count). The Morgan fingerprint density at radius 3 is 2.75 bits per heavy atom. The highest BCUT2D eigenvalue weighted by Gasteiger charge is 2.23. The van der Waals surface area contributed by atoms with Gasteiger partial charge in [-0.1, -0.05) is 12.1 Å². The molecular weight excluding hydrogens is 308 g/mol. The van der Waals surface area contributed by atoms with Crippen molar-refractivity contribution in [3.05, 3.63) is 58.4 Å². The molecule has 124 valence electrons. The number of rotatable bonds is 6. The van der Waals surface area contributed by atoms with Gasteiger partial charge in [0.2, 0.25) is 0 Å². The SMILES string of the molecule is Cc1cccc(-c2nnc(C)n2CCCn2ccnc2)c1[N+](=O)[O-]. The molecule has 0 saturated carbocycles. The molecule has 0 spiro atoms. The molecule has 0 atom stereocenters. The average Bonchev–Trinajstić information content (AvgIpc) is 3.17. The summed E-state index contributed by atoms with van der Waals surface area (Å²) in [5.41, 5.74) is 1.20. The van der Waals surface area contributed by atoms with Crippen LogP contribution in [0.1, 0.15) is 17.8 Å². The van der Waals surface area contributed by atoms with E-state index in [4.69, 9.17) is 0 Å². The maximum Gasteiger partial charge on any atom is 0.283 e. The van der Waals surface area contributed by atoms with Crippen LogP contribution in [0, 0.1) is 24.0 Å². The summed E-state index contributed by atoms with van der Waals surface area (Å²) in [6.45, 7) is 5.08. The van der Waals surface area contributed by atoms with E-state index in [0.29, 0.717) is 23.5 Å². The summed E-state index contributed by atoms with van der Waals surface area (Å²) < 4.78 is 3.92. The summed E-state index contributed by atoms with van der Waals surface area (Å²) in [7, 11) is 0. The minimum absolute atomic E-state index is 0.0840. The number of imidazole rings is 1. The summed E-state index contributed by atoms with van der Waals surface area (Å²) in [5.74, 6) is 1.28. The Hall–Kier alpha value is -3.03. The van der Waals surface area contributed by atoms with Crippen molar-refractivity contribution in [1.82, 2.24) is 24.3 Å². The van der Waals surface area contributed by atoms with Gasteiger partial charge in [-0.15, -0.1) is 10.2 Å². The second-order valence-corrected chi connectivity index (χ2v) is 5.60. The molecule has 8 nitrogen and oxygen atoms in total. The van der Waals surface area contributed by atoms with Crippen LogP contribution in [-0.4, -0.2) is 29.2 Å². The van der Waals surface area contributed by atoms with E-state index in [1.54, 1.807) is 37.6 Å². The number of para-hydroxylation sites is 1. The van der Waals surface area contributed by atoms with E-state index in [-0.39, 0.29) is 10.6 Å². The Kier molecular flexibility index (Phi) is 4.37. The van der Waals surface area contributed by atoms with Crippen molar-refractivity contribution in [2.24, 2.45) is 0 Å². The molecule has 2 aromatic heterocycles. The molecule has 24 heavy (non-hydrogen) atoms. The number of hydrogen-bond donors (Lipinski definition) is 0. The third kappa shape index (κ3) is 3.03. The summed E-state index contributed by atoms with van der Waals surface area (Å²) in [4.78, 5) is 15.1. The number of hydrogen-bond acceptors (Lipinski definition) is 5. The highest BCUT2D eigenvalue weighted by molar-refractivity contribution is 5.70. The molecule has 2 heterocycles. The van der Waals surface area contributed by atoms with Gasteiger partial charge >= 0.3 is 0 Å². The van der Waals surface area contributed by atoms with Crippen LogP contribution in [0.25, 0.3) is 11.4 Å². The number of aromatic nitrogens is 5. The van der Waals surface area contributed by atoms with Crippen molar-refractivity contribution in [2.45, 2.75) is 33.4 Å². The van der Waals surface area contributed by atoms with Gasteiger partial charge in [0.25, 0.3) is 5.69 Å². The number of nitro groups is 1. The highest BCUT2D eigenvalue weighted by atomic mass is 16.6. The Morgan fingerprint density at radius 2 is 2.04 bits per heavy atom. The minimum atomic E-state index is -0.357. The maximum atomic E-state index is 11.4. The first kappa shape index (κ1) is 15.9. The van der Waals surface area contributed by atoms with Crippen LogP contribution >= 0.6 is 0 Å². The highest BCUT2D eigenvalue weighted by Crippen LogP contribution is 2.31. The quantitative estimate of drug-likeness (QED) is 0.513. The fraction of sp³-hybridized carbons (Fsp3) is 0.312. The summed E-state index contributed by atoms with van der Waals surface area (Å²) in [6.07, 6.45) is 6.27. The van der Waals surface area contributed by atoms with Crippen LogP contribution in [0.15, 0.2) is 36.9 Å². The van der Waals surface area contributed by atoms with Gasteiger partial charge in [0, 0.05) is 31.0 Å². The molecule has 1 aromatic carbocycles. The number of benzene rings is 1. The summed E-state index contributed by atoms with van der Waals surface area (Å²) in [5, 5.41) is 19.7. The fourth-order valence-corrected chi connectivity index (χ4v) is 2.76. The van der Waals surface area contributed by atoms with Crippen LogP contribution in [-0.2, 0) is 13.1 Å². The zero-order chi connectivity index (χ0) is 17.1. The van der Waals surface area contributed by atoms with Crippen LogP contribution in [0.2, 0.25) is 0 Å². The van der Waals surface area contributed by atoms with E-state index in [1.807, 2.05) is 22.3 Å². The van der Waals surface area contributed by atoms with Crippen molar-refractivity contribution < 1.29 is 4.92 Å². The second-order valence-electron chi connectivity index (χ2n) is 5.60. The Bertz CT molecular complexity index is 854. The van der Waals surface area contributed by atoms with Crippen LogP contribution in [0.5, 0.6) is 0 Å². The Labute approximate surface area is 138 Å². The largest absolute Gasteiger partial charge is 0.337 e. The average molecular weight is 326 g/mol. The van der Waals surface area contributed by atoms with Gasteiger partial charge in [-0.05, 0) is 26.3 Å².